The van der Waals surface area contributed by atoms with Gasteiger partial charge in [-0.15, -0.1) is 0 Å². The molecule has 0 radical (unpaired) electrons. The summed E-state index contributed by atoms with van der Waals surface area (Å²) in [4.78, 5) is 43.3. The molecule has 14 heteroatoms. The zero-order valence-corrected chi connectivity index (χ0v) is 13.3. The zero-order valence-electron chi connectivity index (χ0n) is 13.3. The fourth-order valence-corrected chi connectivity index (χ4v) is 1.33. The van der Waals surface area contributed by atoms with Crippen molar-refractivity contribution < 1.29 is 68.8 Å². The van der Waals surface area contributed by atoms with Crippen LogP contribution in [0, 0.1) is 0 Å². The van der Waals surface area contributed by atoms with Crippen LogP contribution in [0.3, 0.4) is 0 Å². The molecule has 0 rings (SSSR count). The Balaban J connectivity index is 5.02. The minimum atomic E-state index is -2.33. The van der Waals surface area contributed by atoms with Gasteiger partial charge in [-0.25, -0.2) is 19.2 Å². The van der Waals surface area contributed by atoms with Crippen molar-refractivity contribution in [2.24, 2.45) is 0 Å². The SMILES string of the molecule is CC(OC(OC(C(=O)O)C(CO)OCOC(O)C(=O)O)C(=O)O)C(=O)O. The van der Waals surface area contributed by atoms with Gasteiger partial charge in [0, 0.05) is 0 Å². The van der Waals surface area contributed by atoms with E-state index in [0.29, 0.717) is 0 Å². The van der Waals surface area contributed by atoms with Crippen LogP contribution in [0.15, 0.2) is 0 Å². The van der Waals surface area contributed by atoms with Crippen LogP contribution in [0.25, 0.3) is 0 Å². The first-order chi connectivity index (χ1) is 12.0. The summed E-state index contributed by atoms with van der Waals surface area (Å²) in [6.07, 6.45) is -10.2. The lowest BCUT2D eigenvalue weighted by atomic mass is 10.2. The third kappa shape index (κ3) is 8.15. The van der Waals surface area contributed by atoms with E-state index in [2.05, 4.69) is 14.2 Å². The summed E-state index contributed by atoms with van der Waals surface area (Å²) in [6.45, 7) is -1.06. The van der Waals surface area contributed by atoms with Gasteiger partial charge in [0.15, 0.2) is 19.0 Å². The van der Waals surface area contributed by atoms with Crippen molar-refractivity contribution in [3.8, 4) is 0 Å². The topological polar surface area (TPSA) is 227 Å². The van der Waals surface area contributed by atoms with Crippen LogP contribution >= 0.6 is 0 Å². The fraction of sp³-hybridized carbons (Fsp3) is 0.667. The van der Waals surface area contributed by atoms with Gasteiger partial charge in [0.2, 0.25) is 0 Å². The molecule has 0 aromatic heterocycles. The van der Waals surface area contributed by atoms with E-state index in [1.165, 1.54) is 0 Å². The Kier molecular flexibility index (Phi) is 10.3. The fourth-order valence-electron chi connectivity index (χ4n) is 1.33. The van der Waals surface area contributed by atoms with Crippen LogP contribution in [0.4, 0.5) is 0 Å². The van der Waals surface area contributed by atoms with Crippen molar-refractivity contribution in [3.05, 3.63) is 0 Å². The standard InChI is InChI=1S/C12H18O14/c1-4(7(14)15)25-12(10(20)21)26-6(8(16)17)5(2-13)23-3-24-11(22)9(18)19/h4-6,11-13,22H,2-3H2,1H3,(H,14,15)(H,16,17)(H,18,19)(H,20,21). The summed E-state index contributed by atoms with van der Waals surface area (Å²) in [5.74, 6) is -6.96. The van der Waals surface area contributed by atoms with E-state index >= 15 is 0 Å². The third-order valence-corrected chi connectivity index (χ3v) is 2.63. The summed E-state index contributed by atoms with van der Waals surface area (Å²) in [7, 11) is 0. The number of hydrogen-bond donors (Lipinski definition) is 6. The van der Waals surface area contributed by atoms with Gasteiger partial charge in [0.1, 0.15) is 6.10 Å². The minimum absolute atomic E-state index is 0.971. The van der Waals surface area contributed by atoms with E-state index in [-0.39, 0.29) is 0 Å². The predicted molar refractivity (Wildman–Crippen MR) is 73.7 cm³/mol. The van der Waals surface area contributed by atoms with Crippen LogP contribution in [0.2, 0.25) is 0 Å². The van der Waals surface area contributed by atoms with Gasteiger partial charge < -0.3 is 49.6 Å². The average Bonchev–Trinajstić information content (AvgIpc) is 2.54. The van der Waals surface area contributed by atoms with Gasteiger partial charge in [-0.05, 0) is 6.92 Å². The molecule has 150 valence electrons. The summed E-state index contributed by atoms with van der Waals surface area (Å²) in [5, 5.41) is 53.1. The molecule has 0 aliphatic heterocycles. The van der Waals surface area contributed by atoms with Crippen LogP contribution in [-0.2, 0) is 38.1 Å². The highest BCUT2D eigenvalue weighted by molar-refractivity contribution is 5.76. The number of carbonyl (C=O) groups is 4. The molecule has 6 N–H and O–H groups in total. The molecule has 0 saturated heterocycles. The molecule has 0 aromatic carbocycles. The van der Waals surface area contributed by atoms with Crippen molar-refractivity contribution in [3.63, 3.8) is 0 Å². The molecule has 0 bridgehead atoms. The molecule has 26 heavy (non-hydrogen) atoms. The molecule has 0 aromatic rings. The number of aliphatic hydroxyl groups excluding tert-OH is 2. The first-order valence-corrected chi connectivity index (χ1v) is 6.75. The summed E-state index contributed by atoms with van der Waals surface area (Å²) in [6, 6.07) is 0. The lowest BCUT2D eigenvalue weighted by Gasteiger charge is -2.26. The van der Waals surface area contributed by atoms with Gasteiger partial charge in [-0.1, -0.05) is 0 Å². The van der Waals surface area contributed by atoms with Crippen molar-refractivity contribution >= 4 is 23.9 Å². The molecule has 0 amide bonds. The van der Waals surface area contributed by atoms with Gasteiger partial charge in [0.25, 0.3) is 12.6 Å². The van der Waals surface area contributed by atoms with E-state index < -0.39 is 68.2 Å². The van der Waals surface area contributed by atoms with Gasteiger partial charge in [-0.3, -0.25) is 0 Å². The molecule has 0 spiro atoms. The quantitative estimate of drug-likeness (QED) is 0.165. The van der Waals surface area contributed by atoms with Crippen molar-refractivity contribution in [1.82, 2.24) is 0 Å². The Bertz CT molecular complexity index is 504. The smallest absolute Gasteiger partial charge is 0.361 e. The molecule has 0 fully saturated rings. The Morgan fingerprint density at radius 1 is 0.846 bits per heavy atom. The summed E-state index contributed by atoms with van der Waals surface area (Å²) in [5.41, 5.74) is 0. The first-order valence-electron chi connectivity index (χ1n) is 6.75. The molecule has 0 aliphatic carbocycles. The van der Waals surface area contributed by atoms with Crippen molar-refractivity contribution in [1.29, 1.82) is 0 Å². The zero-order chi connectivity index (χ0) is 20.4. The van der Waals surface area contributed by atoms with Gasteiger partial charge >= 0.3 is 23.9 Å². The molecule has 5 atom stereocenters. The first kappa shape index (κ1) is 23.6. The Morgan fingerprint density at radius 2 is 1.42 bits per heavy atom. The van der Waals surface area contributed by atoms with Gasteiger partial charge in [-0.2, -0.15) is 0 Å². The lowest BCUT2D eigenvalue weighted by molar-refractivity contribution is -0.247. The molecule has 5 unspecified atom stereocenters. The van der Waals surface area contributed by atoms with Crippen LogP contribution in [0.1, 0.15) is 6.92 Å². The van der Waals surface area contributed by atoms with E-state index in [0.717, 1.165) is 6.92 Å². The second-order valence-corrected chi connectivity index (χ2v) is 4.54. The van der Waals surface area contributed by atoms with Crippen LogP contribution in [0.5, 0.6) is 0 Å². The maximum Gasteiger partial charge on any atom is 0.361 e. The molecule has 0 heterocycles. The Morgan fingerprint density at radius 3 is 1.81 bits per heavy atom. The highest BCUT2D eigenvalue weighted by Gasteiger charge is 2.37. The number of hydrogen-bond acceptors (Lipinski definition) is 10. The van der Waals surface area contributed by atoms with E-state index in [9.17, 15) is 19.2 Å². The van der Waals surface area contributed by atoms with Crippen molar-refractivity contribution in [2.45, 2.75) is 37.8 Å². The number of carboxylic acids is 4. The van der Waals surface area contributed by atoms with Crippen molar-refractivity contribution in [2.75, 3.05) is 13.4 Å². The maximum atomic E-state index is 11.2. The van der Waals surface area contributed by atoms with E-state index in [1.807, 2.05) is 0 Å². The third-order valence-electron chi connectivity index (χ3n) is 2.63. The van der Waals surface area contributed by atoms with Gasteiger partial charge in [0.05, 0.1) is 6.61 Å². The second-order valence-electron chi connectivity index (χ2n) is 4.54. The predicted octanol–water partition coefficient (Wildman–Crippen LogP) is -2.89. The number of rotatable bonds is 14. The highest BCUT2D eigenvalue weighted by atomic mass is 16.7. The average molecular weight is 386 g/mol. The summed E-state index contributed by atoms with van der Waals surface area (Å²) < 4.78 is 18.2. The normalized spacial score (nSPS) is 16.9. The second kappa shape index (κ2) is 11.3. The molecular weight excluding hydrogens is 368 g/mol. The maximum absolute atomic E-state index is 11.2. The largest absolute Gasteiger partial charge is 0.479 e. The van der Waals surface area contributed by atoms with E-state index in [1.54, 1.807) is 0 Å². The highest BCUT2D eigenvalue weighted by Crippen LogP contribution is 2.12. The van der Waals surface area contributed by atoms with Crippen LogP contribution < -0.4 is 0 Å². The number of ether oxygens (including phenoxy) is 4. The Hall–Kier alpha value is -2.36. The minimum Gasteiger partial charge on any atom is -0.479 e. The lowest BCUT2D eigenvalue weighted by Crippen LogP contribution is -2.47. The Labute approximate surface area is 145 Å². The number of carboxylic acid groups (broad SMARTS) is 4. The monoisotopic (exact) mass is 386 g/mol. The summed E-state index contributed by atoms with van der Waals surface area (Å²) >= 11 is 0. The number of aliphatic hydroxyl groups is 2. The van der Waals surface area contributed by atoms with Crippen LogP contribution in [-0.4, -0.2) is 98.8 Å². The molecule has 14 nitrogen and oxygen atoms in total. The molecule has 0 saturated carbocycles. The van der Waals surface area contributed by atoms with E-state index in [4.69, 9.17) is 35.4 Å². The molecular formula is C12H18O14. The number of aliphatic carboxylic acids is 4. The molecule has 0 aliphatic rings.